The summed E-state index contributed by atoms with van der Waals surface area (Å²) in [7, 11) is 1.55. The molecule has 0 heterocycles. The van der Waals surface area contributed by atoms with Gasteiger partial charge in [-0.25, -0.2) is 0 Å². The Morgan fingerprint density at radius 2 is 1.62 bits per heavy atom. The van der Waals surface area contributed by atoms with E-state index in [4.69, 9.17) is 14.2 Å². The minimum Gasteiger partial charge on any atom is -0.497 e. The van der Waals surface area contributed by atoms with Gasteiger partial charge in [-0.15, -0.1) is 0 Å². The summed E-state index contributed by atoms with van der Waals surface area (Å²) in [6.07, 6.45) is 8.09. The van der Waals surface area contributed by atoms with Crippen molar-refractivity contribution in [3.63, 3.8) is 0 Å². The summed E-state index contributed by atoms with van der Waals surface area (Å²) in [6, 6.07) is 10.4. The quantitative estimate of drug-likeness (QED) is 0.182. The zero-order valence-electron chi connectivity index (χ0n) is 23.5. The monoisotopic (exact) mass is 544 g/mol. The molecule has 0 spiro atoms. The van der Waals surface area contributed by atoms with Gasteiger partial charge in [0.15, 0.2) is 11.6 Å². The molecule has 3 aliphatic carbocycles. The van der Waals surface area contributed by atoms with Crippen molar-refractivity contribution >= 4 is 23.5 Å². The molecule has 7 heteroatoms. The molecule has 5 rings (SSSR count). The Labute approximate surface area is 234 Å². The number of benzene rings is 2. The largest absolute Gasteiger partial charge is 0.497 e. The molecule has 0 saturated heterocycles. The number of rotatable bonds is 7. The average Bonchev–Trinajstić information content (AvgIpc) is 3.26. The van der Waals surface area contributed by atoms with Crippen LogP contribution in [0.15, 0.2) is 48.6 Å². The van der Waals surface area contributed by atoms with Crippen LogP contribution in [-0.4, -0.2) is 36.7 Å². The highest BCUT2D eigenvalue weighted by Crippen LogP contribution is 2.61. The van der Waals surface area contributed by atoms with Crippen LogP contribution in [-0.2, 0) is 20.7 Å². The highest BCUT2D eigenvalue weighted by molar-refractivity contribution is 6.13. The third-order valence-corrected chi connectivity index (χ3v) is 9.33. The Morgan fingerprint density at radius 3 is 2.30 bits per heavy atom. The van der Waals surface area contributed by atoms with Gasteiger partial charge in [0.1, 0.15) is 17.6 Å². The van der Waals surface area contributed by atoms with Crippen molar-refractivity contribution in [3.8, 4) is 11.5 Å². The van der Waals surface area contributed by atoms with Crippen molar-refractivity contribution < 1.29 is 33.4 Å². The van der Waals surface area contributed by atoms with Crippen molar-refractivity contribution in [1.82, 2.24) is 0 Å². The van der Waals surface area contributed by atoms with Gasteiger partial charge in [0.25, 0.3) is 0 Å². The van der Waals surface area contributed by atoms with Gasteiger partial charge in [0.2, 0.25) is 0 Å². The first-order chi connectivity index (χ1) is 19.1. The van der Waals surface area contributed by atoms with Crippen LogP contribution in [0.2, 0.25) is 0 Å². The number of methoxy groups -OCH3 is 1. The van der Waals surface area contributed by atoms with Crippen LogP contribution >= 0.6 is 0 Å². The van der Waals surface area contributed by atoms with E-state index in [1.807, 2.05) is 12.1 Å². The Kier molecular flexibility index (Phi) is 7.67. The molecule has 210 valence electrons. The van der Waals surface area contributed by atoms with Gasteiger partial charge in [-0.3, -0.25) is 19.2 Å². The van der Waals surface area contributed by atoms with E-state index < -0.39 is 5.97 Å². The number of ketones is 2. The van der Waals surface area contributed by atoms with E-state index in [0.29, 0.717) is 23.1 Å². The molecule has 7 nitrogen and oxygen atoms in total. The molecule has 40 heavy (non-hydrogen) atoms. The van der Waals surface area contributed by atoms with Gasteiger partial charge in [0.05, 0.1) is 12.7 Å². The molecule has 0 radical (unpaired) electrons. The van der Waals surface area contributed by atoms with E-state index in [9.17, 15) is 19.2 Å². The molecule has 5 atom stereocenters. The summed E-state index contributed by atoms with van der Waals surface area (Å²) in [5.41, 5.74) is 2.91. The standard InChI is InChI=1S/C33H36O7/c1-19(34)39-31-17-22-7-10-25-24(15-16-33(3)28(25)11-14-32(33)40-20(2)35)26(22)18-27(31)30(37)13-12-29(36)21-5-8-23(38-4)9-6-21/h5-6,8-9,12-13,17-18,24-25,28,32H,7,10-11,14-16H2,1-4H3/b13-12+/t24-,25+,28-,32-,33-/m0/s1. The zero-order chi connectivity index (χ0) is 28.6. The first kappa shape index (κ1) is 27.8. The van der Waals surface area contributed by atoms with Crippen LogP contribution in [0.25, 0.3) is 0 Å². The molecular formula is C33H36O7. The summed E-state index contributed by atoms with van der Waals surface area (Å²) in [6.45, 7) is 5.07. The van der Waals surface area contributed by atoms with Crippen LogP contribution in [0.1, 0.15) is 90.6 Å². The molecule has 0 aromatic heterocycles. The molecular weight excluding hydrogens is 508 g/mol. The van der Waals surface area contributed by atoms with Gasteiger partial charge in [-0.05, 0) is 116 Å². The van der Waals surface area contributed by atoms with E-state index in [1.165, 1.54) is 26.0 Å². The number of fused-ring (bicyclic) bond motifs is 5. The van der Waals surface area contributed by atoms with Crippen molar-refractivity contribution in [3.05, 3.63) is 70.8 Å². The predicted octanol–water partition coefficient (Wildman–Crippen LogP) is 6.03. The Bertz CT molecular complexity index is 1370. The lowest BCUT2D eigenvalue weighted by Gasteiger charge is -2.50. The van der Waals surface area contributed by atoms with Gasteiger partial charge in [-0.2, -0.15) is 0 Å². The fourth-order valence-corrected chi connectivity index (χ4v) is 7.47. The highest BCUT2D eigenvalue weighted by Gasteiger charge is 2.56. The van der Waals surface area contributed by atoms with E-state index in [2.05, 4.69) is 6.92 Å². The first-order valence-corrected chi connectivity index (χ1v) is 14.0. The third-order valence-electron chi connectivity index (χ3n) is 9.33. The normalized spacial score (nSPS) is 26.8. The fourth-order valence-electron chi connectivity index (χ4n) is 7.47. The first-order valence-electron chi connectivity index (χ1n) is 14.0. The van der Waals surface area contributed by atoms with Gasteiger partial charge >= 0.3 is 11.9 Å². The van der Waals surface area contributed by atoms with Crippen LogP contribution in [0.4, 0.5) is 0 Å². The van der Waals surface area contributed by atoms with Gasteiger partial charge < -0.3 is 14.2 Å². The van der Waals surface area contributed by atoms with E-state index in [0.717, 1.165) is 49.7 Å². The number of carbonyl (C=O) groups excluding carboxylic acids is 4. The molecule has 2 aromatic carbocycles. The molecule has 0 unspecified atom stereocenters. The number of carbonyl (C=O) groups is 4. The topological polar surface area (TPSA) is 96.0 Å². The van der Waals surface area contributed by atoms with Gasteiger partial charge in [-0.1, -0.05) is 6.92 Å². The lowest BCUT2D eigenvalue weighted by Crippen LogP contribution is -2.45. The molecule has 0 bridgehead atoms. The molecule has 2 fully saturated rings. The molecule has 0 aliphatic heterocycles. The maximum absolute atomic E-state index is 13.4. The van der Waals surface area contributed by atoms with Crippen molar-refractivity contribution in [2.75, 3.05) is 7.11 Å². The van der Waals surface area contributed by atoms with Crippen LogP contribution in [0.3, 0.4) is 0 Å². The number of esters is 2. The van der Waals surface area contributed by atoms with Crippen LogP contribution in [0, 0.1) is 17.3 Å². The molecule has 0 amide bonds. The lowest BCUT2D eigenvalue weighted by atomic mass is 9.55. The maximum Gasteiger partial charge on any atom is 0.308 e. The smallest absolute Gasteiger partial charge is 0.308 e. The molecule has 3 aliphatic rings. The van der Waals surface area contributed by atoms with E-state index in [1.54, 1.807) is 31.4 Å². The third kappa shape index (κ3) is 5.21. The zero-order valence-corrected chi connectivity index (χ0v) is 23.5. The fraction of sp³-hybridized carbons (Fsp3) is 0.455. The van der Waals surface area contributed by atoms with Crippen molar-refractivity contribution in [2.45, 2.75) is 71.3 Å². The summed E-state index contributed by atoms with van der Waals surface area (Å²) < 4.78 is 16.4. The second-order valence-electron chi connectivity index (χ2n) is 11.6. The minimum atomic E-state index is -0.503. The van der Waals surface area contributed by atoms with E-state index in [-0.39, 0.29) is 46.3 Å². The van der Waals surface area contributed by atoms with Crippen molar-refractivity contribution in [1.29, 1.82) is 0 Å². The van der Waals surface area contributed by atoms with Crippen LogP contribution in [0.5, 0.6) is 11.5 Å². The molecule has 2 aromatic rings. The maximum atomic E-state index is 13.4. The number of ether oxygens (including phenoxy) is 3. The predicted molar refractivity (Wildman–Crippen MR) is 149 cm³/mol. The highest BCUT2D eigenvalue weighted by atomic mass is 16.5. The summed E-state index contributed by atoms with van der Waals surface area (Å²) >= 11 is 0. The second kappa shape index (κ2) is 11.0. The summed E-state index contributed by atoms with van der Waals surface area (Å²) in [5, 5.41) is 0. The SMILES string of the molecule is COc1ccc(C(=O)/C=C/C(=O)c2cc3c(cc2OC(C)=O)CC[C@@H]2[C@@H]3CC[C@]3(C)[C@@H](OC(C)=O)CC[C@@H]23)cc1. The minimum absolute atomic E-state index is 0.0365. The lowest BCUT2D eigenvalue weighted by molar-refractivity contribution is -0.154. The number of allylic oxidation sites excluding steroid dienone is 2. The number of hydrogen-bond acceptors (Lipinski definition) is 7. The Hall–Kier alpha value is -3.74. The van der Waals surface area contributed by atoms with Gasteiger partial charge in [0, 0.05) is 24.8 Å². The summed E-state index contributed by atoms with van der Waals surface area (Å²) in [5.74, 6) is 0.600. The number of aryl methyl sites for hydroxylation is 1. The van der Waals surface area contributed by atoms with E-state index >= 15 is 0 Å². The van der Waals surface area contributed by atoms with Crippen LogP contribution < -0.4 is 9.47 Å². The second-order valence-corrected chi connectivity index (χ2v) is 11.6. The number of hydrogen-bond donors (Lipinski definition) is 0. The molecule has 0 N–H and O–H groups in total. The summed E-state index contributed by atoms with van der Waals surface area (Å²) in [4.78, 5) is 49.8. The Morgan fingerprint density at radius 1 is 0.900 bits per heavy atom. The average molecular weight is 545 g/mol. The Balaban J connectivity index is 1.43. The van der Waals surface area contributed by atoms with Crippen molar-refractivity contribution in [2.24, 2.45) is 17.3 Å². The molecule has 2 saturated carbocycles.